The molecule has 0 saturated heterocycles. The minimum Gasteiger partial charge on any atom is -0.354 e. The monoisotopic (exact) mass is 232 g/mol. The summed E-state index contributed by atoms with van der Waals surface area (Å²) >= 11 is 1.61. The first-order valence-corrected chi connectivity index (χ1v) is 6.08. The highest BCUT2D eigenvalue weighted by molar-refractivity contribution is 8.01. The van der Waals surface area contributed by atoms with Crippen molar-refractivity contribution in [2.45, 2.75) is 23.0 Å². The van der Waals surface area contributed by atoms with E-state index in [2.05, 4.69) is 11.4 Å². The van der Waals surface area contributed by atoms with Crippen LogP contribution in [0.25, 0.3) is 0 Å². The molecule has 1 aromatic carbocycles. The van der Waals surface area contributed by atoms with Gasteiger partial charge < -0.3 is 5.32 Å². The first-order chi connectivity index (χ1) is 7.81. The molecule has 1 aromatic rings. The number of benzene rings is 1. The van der Waals surface area contributed by atoms with Gasteiger partial charge in [0.05, 0.1) is 17.7 Å². The van der Waals surface area contributed by atoms with E-state index in [1.54, 1.807) is 11.8 Å². The van der Waals surface area contributed by atoms with Gasteiger partial charge in [0.15, 0.2) is 0 Å². The van der Waals surface area contributed by atoms with Crippen LogP contribution in [0.1, 0.15) is 12.0 Å². The SMILES string of the molecule is N#CCCNC(=O)C1Cc2ccccc2S1. The fourth-order valence-corrected chi connectivity index (χ4v) is 2.90. The number of carbonyl (C=O) groups excluding carboxylic acids is 1. The molecule has 0 spiro atoms. The van der Waals surface area contributed by atoms with Gasteiger partial charge in [-0.15, -0.1) is 11.8 Å². The molecule has 16 heavy (non-hydrogen) atoms. The van der Waals surface area contributed by atoms with Crippen LogP contribution in [-0.4, -0.2) is 17.7 Å². The van der Waals surface area contributed by atoms with Crippen molar-refractivity contribution in [3.05, 3.63) is 29.8 Å². The minimum absolute atomic E-state index is 0.0314. The van der Waals surface area contributed by atoms with Crippen LogP contribution in [0, 0.1) is 11.3 Å². The lowest BCUT2D eigenvalue weighted by molar-refractivity contribution is -0.120. The Bertz CT molecular complexity index is 414. The molecule has 3 nitrogen and oxygen atoms in total. The van der Waals surface area contributed by atoms with Crippen LogP contribution < -0.4 is 5.32 Å². The third-order valence-electron chi connectivity index (χ3n) is 2.48. The van der Waals surface area contributed by atoms with E-state index in [1.165, 1.54) is 10.5 Å². The normalized spacial score (nSPS) is 17.6. The number of carbonyl (C=O) groups is 1. The first-order valence-electron chi connectivity index (χ1n) is 5.20. The molecule has 1 heterocycles. The van der Waals surface area contributed by atoms with E-state index in [1.807, 2.05) is 24.3 Å². The van der Waals surface area contributed by atoms with Crippen LogP contribution in [0.2, 0.25) is 0 Å². The Morgan fingerprint density at radius 2 is 2.38 bits per heavy atom. The molecule has 0 aromatic heterocycles. The summed E-state index contributed by atoms with van der Waals surface area (Å²) in [6.45, 7) is 0.447. The zero-order valence-electron chi connectivity index (χ0n) is 8.77. The van der Waals surface area contributed by atoms with Crippen molar-refractivity contribution >= 4 is 17.7 Å². The third kappa shape index (κ3) is 2.37. The molecule has 82 valence electrons. The van der Waals surface area contributed by atoms with Crippen LogP contribution in [0.5, 0.6) is 0 Å². The fourth-order valence-electron chi connectivity index (χ4n) is 1.68. The Morgan fingerprint density at radius 1 is 1.56 bits per heavy atom. The quantitative estimate of drug-likeness (QED) is 0.807. The molecule has 0 aliphatic carbocycles. The number of nitrogens with zero attached hydrogens (tertiary/aromatic N) is 1. The molecule has 0 fully saturated rings. The number of fused-ring (bicyclic) bond motifs is 1. The molecule has 1 N–H and O–H groups in total. The van der Waals surface area contributed by atoms with Gasteiger partial charge in [-0.05, 0) is 18.1 Å². The fraction of sp³-hybridized carbons (Fsp3) is 0.333. The van der Waals surface area contributed by atoms with Crippen LogP contribution in [0.3, 0.4) is 0 Å². The number of hydrogen-bond acceptors (Lipinski definition) is 3. The summed E-state index contributed by atoms with van der Waals surface area (Å²) in [6.07, 6.45) is 1.16. The summed E-state index contributed by atoms with van der Waals surface area (Å²) < 4.78 is 0. The molecule has 0 saturated carbocycles. The predicted octanol–water partition coefficient (Wildman–Crippen LogP) is 1.73. The van der Waals surface area contributed by atoms with E-state index in [0.29, 0.717) is 13.0 Å². The zero-order chi connectivity index (χ0) is 11.4. The Balaban J connectivity index is 1.91. The second-order valence-corrected chi connectivity index (χ2v) is 4.86. The highest BCUT2D eigenvalue weighted by Crippen LogP contribution is 2.36. The van der Waals surface area contributed by atoms with Crippen molar-refractivity contribution in [2.75, 3.05) is 6.54 Å². The Labute approximate surface area is 98.8 Å². The molecule has 1 unspecified atom stereocenters. The summed E-state index contributed by atoms with van der Waals surface area (Å²) in [7, 11) is 0. The lowest BCUT2D eigenvalue weighted by atomic mass is 10.1. The zero-order valence-corrected chi connectivity index (χ0v) is 9.59. The molecule has 0 bridgehead atoms. The van der Waals surface area contributed by atoms with Gasteiger partial charge in [0.2, 0.25) is 5.91 Å². The highest BCUT2D eigenvalue weighted by Gasteiger charge is 2.27. The van der Waals surface area contributed by atoms with Crippen molar-refractivity contribution in [2.24, 2.45) is 0 Å². The molecule has 2 rings (SSSR count). The van der Waals surface area contributed by atoms with E-state index in [4.69, 9.17) is 5.26 Å². The van der Waals surface area contributed by atoms with Gasteiger partial charge in [-0.1, -0.05) is 18.2 Å². The first kappa shape index (κ1) is 11.0. The smallest absolute Gasteiger partial charge is 0.233 e. The number of nitrogens with one attached hydrogen (secondary N) is 1. The minimum atomic E-state index is -0.0314. The van der Waals surface area contributed by atoms with Crippen LogP contribution >= 0.6 is 11.8 Å². The van der Waals surface area contributed by atoms with Gasteiger partial charge in [-0.3, -0.25) is 4.79 Å². The van der Waals surface area contributed by atoms with E-state index in [-0.39, 0.29) is 11.2 Å². The molecular formula is C12H12N2OS. The maximum atomic E-state index is 11.7. The molecule has 1 atom stereocenters. The van der Waals surface area contributed by atoms with Gasteiger partial charge >= 0.3 is 0 Å². The van der Waals surface area contributed by atoms with Crippen molar-refractivity contribution in [3.8, 4) is 6.07 Å². The largest absolute Gasteiger partial charge is 0.354 e. The Hall–Kier alpha value is -1.47. The van der Waals surface area contributed by atoms with E-state index < -0.39 is 0 Å². The predicted molar refractivity (Wildman–Crippen MR) is 63.0 cm³/mol. The van der Waals surface area contributed by atoms with E-state index in [9.17, 15) is 4.79 Å². The topological polar surface area (TPSA) is 52.9 Å². The van der Waals surface area contributed by atoms with Gasteiger partial charge in [-0.2, -0.15) is 5.26 Å². The number of nitriles is 1. The second-order valence-electron chi connectivity index (χ2n) is 3.62. The Kier molecular flexibility index (Phi) is 3.47. The van der Waals surface area contributed by atoms with Crippen LogP contribution in [0.4, 0.5) is 0 Å². The third-order valence-corrected chi connectivity index (χ3v) is 3.79. The maximum Gasteiger partial charge on any atom is 0.233 e. The molecule has 1 aliphatic heterocycles. The van der Waals surface area contributed by atoms with E-state index >= 15 is 0 Å². The summed E-state index contributed by atoms with van der Waals surface area (Å²) in [5, 5.41) is 11.1. The number of hydrogen-bond donors (Lipinski definition) is 1. The average molecular weight is 232 g/mol. The molecule has 0 radical (unpaired) electrons. The average Bonchev–Trinajstić information content (AvgIpc) is 2.73. The van der Waals surface area contributed by atoms with Crippen molar-refractivity contribution in [3.63, 3.8) is 0 Å². The number of amides is 1. The highest BCUT2D eigenvalue weighted by atomic mass is 32.2. The van der Waals surface area contributed by atoms with Crippen molar-refractivity contribution in [1.29, 1.82) is 5.26 Å². The summed E-state index contributed by atoms with van der Waals surface area (Å²) in [5.74, 6) is 0.0384. The molecular weight excluding hydrogens is 220 g/mol. The maximum absolute atomic E-state index is 11.7. The van der Waals surface area contributed by atoms with Crippen molar-refractivity contribution < 1.29 is 4.79 Å². The lowest BCUT2D eigenvalue weighted by Crippen LogP contribution is -2.32. The van der Waals surface area contributed by atoms with Gasteiger partial charge in [-0.25, -0.2) is 0 Å². The Morgan fingerprint density at radius 3 is 3.12 bits per heavy atom. The second kappa shape index (κ2) is 5.04. The molecule has 4 heteroatoms. The van der Waals surface area contributed by atoms with Gasteiger partial charge in [0.25, 0.3) is 0 Å². The van der Waals surface area contributed by atoms with Gasteiger partial charge in [0.1, 0.15) is 0 Å². The molecule has 1 aliphatic rings. The van der Waals surface area contributed by atoms with E-state index in [0.717, 1.165) is 6.42 Å². The van der Waals surface area contributed by atoms with Crippen molar-refractivity contribution in [1.82, 2.24) is 5.32 Å². The summed E-state index contributed by atoms with van der Waals surface area (Å²) in [6, 6.07) is 10.1. The summed E-state index contributed by atoms with van der Waals surface area (Å²) in [4.78, 5) is 12.9. The van der Waals surface area contributed by atoms with Crippen LogP contribution in [0.15, 0.2) is 29.2 Å². The lowest BCUT2D eigenvalue weighted by Gasteiger charge is -2.07. The number of rotatable bonds is 3. The standard InChI is InChI=1S/C12H12N2OS/c13-6-3-7-14-12(15)11-8-9-4-1-2-5-10(9)16-11/h1-2,4-5,11H,3,7-8H2,(H,14,15). The van der Waals surface area contributed by atoms with Gasteiger partial charge in [0, 0.05) is 11.4 Å². The number of thioether (sulfide) groups is 1. The summed E-state index contributed by atoms with van der Waals surface area (Å²) in [5.41, 5.74) is 1.24. The molecule has 1 amide bonds. The van der Waals surface area contributed by atoms with Crippen LogP contribution in [-0.2, 0) is 11.2 Å².